The van der Waals surface area contributed by atoms with E-state index in [1.54, 1.807) is 0 Å². The van der Waals surface area contributed by atoms with Crippen molar-refractivity contribution >= 4 is 28.5 Å². The van der Waals surface area contributed by atoms with Gasteiger partial charge in [-0.1, -0.05) is 43.7 Å². The van der Waals surface area contributed by atoms with Crippen molar-refractivity contribution in [2.24, 2.45) is 5.92 Å². The van der Waals surface area contributed by atoms with Gasteiger partial charge < -0.3 is 9.47 Å². The fourth-order valence-corrected chi connectivity index (χ4v) is 5.02. The lowest BCUT2D eigenvalue weighted by Gasteiger charge is -2.25. The van der Waals surface area contributed by atoms with Crippen LogP contribution >= 0.6 is 11.8 Å². The first-order chi connectivity index (χ1) is 12.9. The number of ether oxygens (including phenoxy) is 2. The van der Waals surface area contributed by atoms with E-state index >= 15 is 0 Å². The lowest BCUT2D eigenvalue weighted by atomic mass is 9.92. The molecule has 0 bridgehead atoms. The summed E-state index contributed by atoms with van der Waals surface area (Å²) in [6.45, 7) is 8.69. The van der Waals surface area contributed by atoms with Crippen LogP contribution in [0.4, 0.5) is 0 Å². The maximum absolute atomic E-state index is 12.8. The summed E-state index contributed by atoms with van der Waals surface area (Å²) in [7, 11) is 0. The number of fused-ring (bicyclic) bond motifs is 1. The van der Waals surface area contributed by atoms with Gasteiger partial charge in [0, 0.05) is 10.6 Å². The number of thioether (sulfide) groups is 1. The Morgan fingerprint density at radius 3 is 2.59 bits per heavy atom. The second kappa shape index (κ2) is 8.55. The smallest absolute Gasteiger partial charge is 0.310 e. The van der Waals surface area contributed by atoms with Crippen molar-refractivity contribution in [3.8, 4) is 5.75 Å². The summed E-state index contributed by atoms with van der Waals surface area (Å²) in [5.74, 6) is 1.74. The van der Waals surface area contributed by atoms with Gasteiger partial charge in [0.15, 0.2) is 0 Å². The molecule has 3 nitrogen and oxygen atoms in total. The van der Waals surface area contributed by atoms with Crippen LogP contribution in [-0.2, 0) is 9.53 Å². The van der Waals surface area contributed by atoms with E-state index in [2.05, 4.69) is 37.3 Å². The first-order valence-corrected chi connectivity index (χ1v) is 10.9. The van der Waals surface area contributed by atoms with Crippen molar-refractivity contribution < 1.29 is 14.3 Å². The molecular weight excluding hydrogens is 356 g/mol. The average molecular weight is 387 g/mol. The normalized spacial score (nSPS) is 20.0. The zero-order chi connectivity index (χ0) is 19.4. The lowest BCUT2D eigenvalue weighted by molar-refractivity contribution is -0.159. The highest BCUT2D eigenvalue weighted by Gasteiger charge is 2.38. The predicted octanol–water partition coefficient (Wildman–Crippen LogP) is 6.15. The average Bonchev–Trinajstić information content (AvgIpc) is 3.10. The number of hydrogen-bond donors (Lipinski definition) is 0. The predicted molar refractivity (Wildman–Crippen MR) is 114 cm³/mol. The van der Waals surface area contributed by atoms with E-state index in [4.69, 9.17) is 9.47 Å². The maximum Gasteiger partial charge on any atom is 0.310 e. The van der Waals surface area contributed by atoms with Crippen LogP contribution in [0.5, 0.6) is 5.75 Å². The number of esters is 1. The molecule has 3 rings (SSSR count). The number of carbonyl (C=O) groups is 1. The standard InChI is InChI=1S/C23H30O3S/c1-5-6-14-25-20-12-11-18(16-9-7-8-10-17(16)20)21-19(13-15-27-21)22(24)26-23(2,3)4/h7-12,19,21H,5-6,13-15H2,1-4H3. The highest BCUT2D eigenvalue weighted by atomic mass is 32.2. The second-order valence-electron chi connectivity index (χ2n) is 8.12. The van der Waals surface area contributed by atoms with Gasteiger partial charge in [-0.2, -0.15) is 11.8 Å². The first-order valence-electron chi connectivity index (χ1n) is 9.89. The molecule has 2 unspecified atom stereocenters. The van der Waals surface area contributed by atoms with Crippen LogP contribution < -0.4 is 4.74 Å². The second-order valence-corrected chi connectivity index (χ2v) is 9.37. The van der Waals surface area contributed by atoms with Gasteiger partial charge in [0.05, 0.1) is 12.5 Å². The molecule has 0 aliphatic carbocycles. The summed E-state index contributed by atoms with van der Waals surface area (Å²) < 4.78 is 11.7. The van der Waals surface area contributed by atoms with Crippen LogP contribution in [0.1, 0.15) is 57.8 Å². The van der Waals surface area contributed by atoms with Gasteiger partial charge >= 0.3 is 5.97 Å². The van der Waals surface area contributed by atoms with E-state index in [0.29, 0.717) is 0 Å². The van der Waals surface area contributed by atoms with E-state index in [0.717, 1.165) is 42.8 Å². The summed E-state index contributed by atoms with van der Waals surface area (Å²) >= 11 is 1.86. The molecule has 0 N–H and O–H groups in total. The van der Waals surface area contributed by atoms with Gasteiger partial charge in [-0.25, -0.2) is 0 Å². The van der Waals surface area contributed by atoms with Gasteiger partial charge in [-0.15, -0.1) is 0 Å². The molecule has 1 fully saturated rings. The van der Waals surface area contributed by atoms with E-state index in [1.807, 2.05) is 38.6 Å². The summed E-state index contributed by atoms with van der Waals surface area (Å²) in [6.07, 6.45) is 3.04. The van der Waals surface area contributed by atoms with E-state index in [1.165, 1.54) is 10.9 Å². The van der Waals surface area contributed by atoms with Crippen LogP contribution in [0.25, 0.3) is 10.8 Å². The van der Waals surface area contributed by atoms with Gasteiger partial charge in [0.2, 0.25) is 0 Å². The van der Waals surface area contributed by atoms with Crippen LogP contribution in [0.15, 0.2) is 36.4 Å². The fraction of sp³-hybridized carbons (Fsp3) is 0.522. The summed E-state index contributed by atoms with van der Waals surface area (Å²) in [5.41, 5.74) is 0.764. The summed E-state index contributed by atoms with van der Waals surface area (Å²) in [6, 6.07) is 12.6. The van der Waals surface area contributed by atoms with Crippen molar-refractivity contribution in [1.29, 1.82) is 0 Å². The molecule has 2 atom stereocenters. The fourth-order valence-electron chi connectivity index (χ4n) is 3.51. The summed E-state index contributed by atoms with van der Waals surface area (Å²) in [5, 5.41) is 2.44. The minimum Gasteiger partial charge on any atom is -0.493 e. The molecule has 1 aliphatic rings. The Balaban J connectivity index is 1.92. The third-order valence-corrected chi connectivity index (χ3v) is 6.19. The number of unbranched alkanes of at least 4 members (excludes halogenated alkanes) is 1. The third kappa shape index (κ3) is 4.78. The number of benzene rings is 2. The van der Waals surface area contributed by atoms with Crippen LogP contribution in [-0.4, -0.2) is 23.9 Å². The molecule has 0 saturated carbocycles. The Kier molecular flexibility index (Phi) is 6.36. The Labute approximate surface area is 166 Å². The zero-order valence-corrected chi connectivity index (χ0v) is 17.6. The molecular formula is C23H30O3S. The van der Waals surface area contributed by atoms with Gasteiger partial charge in [0.1, 0.15) is 11.4 Å². The maximum atomic E-state index is 12.8. The van der Waals surface area contributed by atoms with Crippen molar-refractivity contribution in [3.05, 3.63) is 42.0 Å². The third-order valence-electron chi connectivity index (χ3n) is 4.78. The van der Waals surface area contributed by atoms with Gasteiger partial charge in [-0.05, 0) is 56.4 Å². The SMILES string of the molecule is CCCCOc1ccc(C2SCCC2C(=O)OC(C)(C)C)c2ccccc12. The molecule has 0 spiro atoms. The molecule has 27 heavy (non-hydrogen) atoms. The quantitative estimate of drug-likeness (QED) is 0.440. The zero-order valence-electron chi connectivity index (χ0n) is 16.8. The van der Waals surface area contributed by atoms with Crippen LogP contribution in [0.3, 0.4) is 0 Å². The molecule has 2 aromatic carbocycles. The Morgan fingerprint density at radius 2 is 1.89 bits per heavy atom. The molecule has 1 saturated heterocycles. The molecule has 146 valence electrons. The number of carbonyl (C=O) groups excluding carboxylic acids is 1. The van der Waals surface area contributed by atoms with Crippen molar-refractivity contribution in [2.75, 3.05) is 12.4 Å². The Bertz CT molecular complexity index is 794. The molecule has 1 aliphatic heterocycles. The lowest BCUT2D eigenvalue weighted by Crippen LogP contribution is -2.29. The molecule has 0 radical (unpaired) electrons. The van der Waals surface area contributed by atoms with E-state index in [9.17, 15) is 4.79 Å². The van der Waals surface area contributed by atoms with Crippen molar-refractivity contribution in [3.63, 3.8) is 0 Å². The molecule has 1 heterocycles. The van der Waals surface area contributed by atoms with Crippen LogP contribution in [0, 0.1) is 5.92 Å². The largest absolute Gasteiger partial charge is 0.493 e. The highest BCUT2D eigenvalue weighted by Crippen LogP contribution is 2.48. The highest BCUT2D eigenvalue weighted by molar-refractivity contribution is 7.99. The minimum atomic E-state index is -0.450. The number of hydrogen-bond acceptors (Lipinski definition) is 4. The molecule has 0 aromatic heterocycles. The van der Waals surface area contributed by atoms with Crippen molar-refractivity contribution in [2.45, 2.75) is 57.8 Å². The topological polar surface area (TPSA) is 35.5 Å². The number of rotatable bonds is 6. The molecule has 0 amide bonds. The van der Waals surface area contributed by atoms with E-state index < -0.39 is 5.60 Å². The monoisotopic (exact) mass is 386 g/mol. The molecule has 4 heteroatoms. The van der Waals surface area contributed by atoms with Crippen molar-refractivity contribution in [1.82, 2.24) is 0 Å². The Hall–Kier alpha value is -1.68. The van der Waals surface area contributed by atoms with E-state index in [-0.39, 0.29) is 17.1 Å². The van der Waals surface area contributed by atoms with Crippen LogP contribution in [0.2, 0.25) is 0 Å². The first kappa shape index (κ1) is 20.1. The molecule has 2 aromatic rings. The Morgan fingerprint density at radius 1 is 1.15 bits per heavy atom. The minimum absolute atomic E-state index is 0.0788. The van der Waals surface area contributed by atoms with Gasteiger partial charge in [-0.3, -0.25) is 4.79 Å². The van der Waals surface area contributed by atoms with Gasteiger partial charge in [0.25, 0.3) is 0 Å². The summed E-state index contributed by atoms with van der Waals surface area (Å²) in [4.78, 5) is 12.8.